The van der Waals surface area contributed by atoms with E-state index in [9.17, 15) is 13.6 Å². The van der Waals surface area contributed by atoms with Crippen LogP contribution in [0.3, 0.4) is 0 Å². The van der Waals surface area contributed by atoms with Crippen molar-refractivity contribution in [3.05, 3.63) is 59.7 Å². The van der Waals surface area contributed by atoms with Gasteiger partial charge in [0.1, 0.15) is 5.82 Å². The summed E-state index contributed by atoms with van der Waals surface area (Å²) in [7, 11) is 0. The summed E-state index contributed by atoms with van der Waals surface area (Å²) in [5.74, 6) is -0.898. The van der Waals surface area contributed by atoms with Gasteiger partial charge in [0, 0.05) is 37.4 Å². The summed E-state index contributed by atoms with van der Waals surface area (Å²) in [4.78, 5) is 17.0. The Labute approximate surface area is 176 Å². The number of anilines is 1. The Morgan fingerprint density at radius 3 is 2.57 bits per heavy atom. The quantitative estimate of drug-likeness (QED) is 0.711. The molecule has 30 heavy (non-hydrogen) atoms. The number of nitrogens with one attached hydrogen (secondary N) is 1. The lowest BCUT2D eigenvalue weighted by atomic mass is 10.0. The number of nitrogens with zero attached hydrogens (tertiary/aromatic N) is 2. The second-order valence-corrected chi connectivity index (χ2v) is 7.44. The molecular formula is C23H29F2N3O2. The number of hydrogen-bond donors (Lipinski definition) is 1. The minimum absolute atomic E-state index is 0.0640. The van der Waals surface area contributed by atoms with Gasteiger partial charge < -0.3 is 19.9 Å². The number of rotatable bonds is 8. The second kappa shape index (κ2) is 10.4. The first-order valence-electron chi connectivity index (χ1n) is 10.4. The number of carbonyl (C=O) groups is 1. The van der Waals surface area contributed by atoms with E-state index < -0.39 is 5.82 Å². The molecule has 0 aliphatic carbocycles. The first-order chi connectivity index (χ1) is 14.5. The van der Waals surface area contributed by atoms with Crippen molar-refractivity contribution in [2.24, 2.45) is 0 Å². The van der Waals surface area contributed by atoms with Gasteiger partial charge in [-0.05, 0) is 43.8 Å². The number of piperazine rings is 1. The van der Waals surface area contributed by atoms with E-state index in [0.717, 1.165) is 44.0 Å². The van der Waals surface area contributed by atoms with Crippen molar-refractivity contribution >= 4 is 11.6 Å². The Balaban J connectivity index is 1.59. The molecule has 0 aromatic heterocycles. The number of carbonyl (C=O) groups excluding carboxylic acids is 1. The second-order valence-electron chi connectivity index (χ2n) is 7.44. The van der Waals surface area contributed by atoms with Gasteiger partial charge in [-0.3, -0.25) is 4.79 Å². The monoisotopic (exact) mass is 417 g/mol. The molecule has 1 fully saturated rings. The maximum Gasteiger partial charge on any atom is 0.223 e. The van der Waals surface area contributed by atoms with Crippen LogP contribution in [0.5, 0.6) is 5.75 Å². The smallest absolute Gasteiger partial charge is 0.223 e. The number of hydrogen-bond acceptors (Lipinski definition) is 4. The fraction of sp³-hybridized carbons (Fsp3) is 0.435. The molecule has 1 heterocycles. The minimum Gasteiger partial charge on any atom is -0.490 e. The molecule has 3 rings (SSSR count). The maximum atomic E-state index is 14.0. The van der Waals surface area contributed by atoms with Gasteiger partial charge in [0.2, 0.25) is 5.91 Å². The third-order valence-electron chi connectivity index (χ3n) is 5.42. The van der Waals surface area contributed by atoms with Crippen LogP contribution in [0.2, 0.25) is 0 Å². The molecule has 1 aliphatic heterocycles. The largest absolute Gasteiger partial charge is 0.490 e. The zero-order valence-electron chi connectivity index (χ0n) is 17.5. The van der Waals surface area contributed by atoms with E-state index in [0.29, 0.717) is 0 Å². The fourth-order valence-corrected chi connectivity index (χ4v) is 3.67. The molecule has 0 bridgehead atoms. The van der Waals surface area contributed by atoms with Crippen molar-refractivity contribution in [3.63, 3.8) is 0 Å². The van der Waals surface area contributed by atoms with E-state index in [4.69, 9.17) is 4.74 Å². The zero-order valence-corrected chi connectivity index (χ0v) is 17.5. The van der Waals surface area contributed by atoms with E-state index in [1.807, 2.05) is 6.92 Å². The molecule has 1 N–H and O–H groups in total. The topological polar surface area (TPSA) is 44.8 Å². The van der Waals surface area contributed by atoms with Crippen LogP contribution in [0, 0.1) is 11.6 Å². The lowest BCUT2D eigenvalue weighted by molar-refractivity contribution is -0.122. The number of likely N-dealkylation sites (N-methyl/N-ethyl adjacent to an activating group) is 1. The molecule has 1 unspecified atom stereocenters. The standard InChI is InChI=1S/C23H29F2N3O2/c1-3-27-11-13-28(14-12-27)21-9-8-18(24)16-19(21)17(2)26-23(29)10-15-30-22-7-5-4-6-20(22)25/h4-9,16-17H,3,10-15H2,1-2H3,(H,26,29). The van der Waals surface area contributed by atoms with Gasteiger partial charge >= 0.3 is 0 Å². The van der Waals surface area contributed by atoms with Gasteiger partial charge in [0.25, 0.3) is 0 Å². The Kier molecular flexibility index (Phi) is 7.63. The van der Waals surface area contributed by atoms with E-state index in [-0.39, 0.29) is 36.5 Å². The van der Waals surface area contributed by atoms with Crippen LogP contribution in [-0.4, -0.2) is 50.1 Å². The van der Waals surface area contributed by atoms with Crippen LogP contribution in [0.15, 0.2) is 42.5 Å². The lowest BCUT2D eigenvalue weighted by Crippen LogP contribution is -2.46. The first-order valence-corrected chi connectivity index (χ1v) is 10.4. The average molecular weight is 418 g/mol. The first kappa shape index (κ1) is 22.0. The molecule has 2 aromatic rings. The Hall–Kier alpha value is -2.67. The molecule has 1 amide bonds. The summed E-state index contributed by atoms with van der Waals surface area (Å²) in [5, 5.41) is 2.91. The van der Waals surface area contributed by atoms with Gasteiger partial charge in [-0.15, -0.1) is 0 Å². The van der Waals surface area contributed by atoms with Gasteiger partial charge in [-0.2, -0.15) is 0 Å². The van der Waals surface area contributed by atoms with Crippen LogP contribution in [0.25, 0.3) is 0 Å². The van der Waals surface area contributed by atoms with Gasteiger partial charge in [0.15, 0.2) is 11.6 Å². The van der Waals surface area contributed by atoms with E-state index in [1.165, 1.54) is 24.3 Å². The molecule has 2 aromatic carbocycles. The SMILES string of the molecule is CCN1CCN(c2ccc(F)cc2C(C)NC(=O)CCOc2ccccc2F)CC1. The number of ether oxygens (including phenoxy) is 1. The van der Waals surface area contributed by atoms with E-state index in [1.54, 1.807) is 18.2 Å². The van der Waals surface area contributed by atoms with Gasteiger partial charge in [-0.25, -0.2) is 8.78 Å². The number of amides is 1. The number of para-hydroxylation sites is 1. The molecule has 7 heteroatoms. The molecule has 0 radical (unpaired) electrons. The molecule has 1 atom stereocenters. The van der Waals surface area contributed by atoms with E-state index in [2.05, 4.69) is 22.0 Å². The van der Waals surface area contributed by atoms with Crippen LogP contribution < -0.4 is 15.0 Å². The Morgan fingerprint density at radius 1 is 1.13 bits per heavy atom. The summed E-state index contributed by atoms with van der Waals surface area (Å²) < 4.78 is 32.9. The normalized spacial score (nSPS) is 15.7. The highest BCUT2D eigenvalue weighted by Gasteiger charge is 2.21. The summed E-state index contributed by atoms with van der Waals surface area (Å²) >= 11 is 0. The molecule has 1 saturated heterocycles. The lowest BCUT2D eigenvalue weighted by Gasteiger charge is -2.37. The highest BCUT2D eigenvalue weighted by Crippen LogP contribution is 2.28. The zero-order chi connectivity index (χ0) is 21.5. The molecular weight excluding hydrogens is 388 g/mol. The molecule has 162 valence electrons. The number of benzene rings is 2. The van der Waals surface area contributed by atoms with Gasteiger partial charge in [0.05, 0.1) is 19.1 Å². The van der Waals surface area contributed by atoms with Crippen molar-refractivity contribution in [2.45, 2.75) is 26.3 Å². The van der Waals surface area contributed by atoms with Crippen molar-refractivity contribution in [1.29, 1.82) is 0 Å². The summed E-state index contributed by atoms with van der Waals surface area (Å²) in [6.07, 6.45) is 0.0818. The molecule has 1 aliphatic rings. The average Bonchev–Trinajstić information content (AvgIpc) is 2.75. The van der Waals surface area contributed by atoms with Crippen LogP contribution in [-0.2, 0) is 4.79 Å². The summed E-state index contributed by atoms with van der Waals surface area (Å²) in [5.41, 5.74) is 1.70. The Bertz CT molecular complexity index is 854. The van der Waals surface area contributed by atoms with Crippen molar-refractivity contribution in [3.8, 4) is 5.75 Å². The fourth-order valence-electron chi connectivity index (χ4n) is 3.67. The van der Waals surface area contributed by atoms with Crippen molar-refractivity contribution in [1.82, 2.24) is 10.2 Å². The molecule has 0 saturated carbocycles. The molecule has 5 nitrogen and oxygen atoms in total. The summed E-state index contributed by atoms with van der Waals surface area (Å²) in [6, 6.07) is 10.5. The maximum absolute atomic E-state index is 14.0. The summed E-state index contributed by atoms with van der Waals surface area (Å²) in [6.45, 7) is 8.72. The minimum atomic E-state index is -0.459. The van der Waals surface area contributed by atoms with Crippen molar-refractivity contribution < 1.29 is 18.3 Å². The van der Waals surface area contributed by atoms with Crippen molar-refractivity contribution in [2.75, 3.05) is 44.2 Å². The van der Waals surface area contributed by atoms with Gasteiger partial charge in [-0.1, -0.05) is 19.1 Å². The third-order valence-corrected chi connectivity index (χ3v) is 5.42. The third kappa shape index (κ3) is 5.69. The highest BCUT2D eigenvalue weighted by molar-refractivity contribution is 5.77. The Morgan fingerprint density at radius 2 is 1.87 bits per heavy atom. The van der Waals surface area contributed by atoms with Crippen LogP contribution in [0.1, 0.15) is 31.9 Å². The number of halogens is 2. The predicted octanol–water partition coefficient (Wildman–Crippen LogP) is 3.75. The van der Waals surface area contributed by atoms with E-state index >= 15 is 0 Å². The van der Waals surface area contributed by atoms with Crippen LogP contribution >= 0.6 is 0 Å². The highest BCUT2D eigenvalue weighted by atomic mass is 19.1. The van der Waals surface area contributed by atoms with Crippen LogP contribution in [0.4, 0.5) is 14.5 Å². The molecule has 0 spiro atoms. The predicted molar refractivity (Wildman–Crippen MR) is 114 cm³/mol.